The van der Waals surface area contributed by atoms with Crippen LogP contribution in [0.3, 0.4) is 0 Å². The molecule has 0 radical (unpaired) electrons. The second-order valence-electron chi connectivity index (χ2n) is 7.22. The lowest BCUT2D eigenvalue weighted by Gasteiger charge is -2.28. The first-order chi connectivity index (χ1) is 13.8. The summed E-state index contributed by atoms with van der Waals surface area (Å²) in [7, 11) is 1.78. The second kappa shape index (κ2) is 9.07. The number of fused-ring (bicyclic) bond motifs is 1. The van der Waals surface area contributed by atoms with Crippen LogP contribution in [-0.4, -0.2) is 43.9 Å². The normalized spacial score (nSPS) is 17.0. The van der Waals surface area contributed by atoms with Crippen LogP contribution < -0.4 is 20.4 Å². The van der Waals surface area contributed by atoms with Gasteiger partial charge < -0.3 is 20.4 Å². The Kier molecular flexibility index (Phi) is 6.51. The van der Waals surface area contributed by atoms with Gasteiger partial charge in [-0.2, -0.15) is 0 Å². The predicted molar refractivity (Wildman–Crippen MR) is 113 cm³/mol. The molecular formula is C21H24ClN4O3+. The van der Waals surface area contributed by atoms with Gasteiger partial charge in [-0.1, -0.05) is 35.9 Å². The van der Waals surface area contributed by atoms with Crippen LogP contribution in [0.4, 0.5) is 17.1 Å². The maximum atomic E-state index is 13.0. The van der Waals surface area contributed by atoms with E-state index < -0.39 is 0 Å². The summed E-state index contributed by atoms with van der Waals surface area (Å²) >= 11 is 6.07. The molecule has 8 heteroatoms. The van der Waals surface area contributed by atoms with Gasteiger partial charge in [-0.3, -0.25) is 14.4 Å². The molecule has 29 heavy (non-hydrogen) atoms. The molecule has 2 aromatic carbocycles. The molecule has 3 N–H and O–H groups in total. The van der Waals surface area contributed by atoms with Crippen molar-refractivity contribution in [3.8, 4) is 0 Å². The Labute approximate surface area is 174 Å². The van der Waals surface area contributed by atoms with Crippen LogP contribution >= 0.6 is 11.6 Å². The topological polar surface area (TPSA) is 83.0 Å². The Hall–Kier alpha value is -2.90. The average Bonchev–Trinajstić information content (AvgIpc) is 2.77. The third kappa shape index (κ3) is 5.13. The molecule has 0 fully saturated rings. The molecule has 0 saturated heterocycles. The number of anilines is 3. The highest BCUT2D eigenvalue weighted by Gasteiger charge is 2.31. The lowest BCUT2D eigenvalue weighted by atomic mass is 10.1. The minimum absolute atomic E-state index is 0.109. The monoisotopic (exact) mass is 415 g/mol. The smallest absolute Gasteiger partial charge is 0.282 e. The van der Waals surface area contributed by atoms with E-state index in [4.69, 9.17) is 11.6 Å². The number of quaternary nitrogens is 1. The van der Waals surface area contributed by atoms with Crippen LogP contribution in [0.5, 0.6) is 0 Å². The largest absolute Gasteiger partial charge is 0.324 e. The predicted octanol–water partition coefficient (Wildman–Crippen LogP) is 1.56. The molecule has 0 saturated carbocycles. The highest BCUT2D eigenvalue weighted by molar-refractivity contribution is 6.33. The van der Waals surface area contributed by atoms with Crippen molar-refractivity contribution in [3.63, 3.8) is 0 Å². The number of amides is 3. The summed E-state index contributed by atoms with van der Waals surface area (Å²) in [5, 5.41) is 6.06. The Morgan fingerprint density at radius 3 is 2.62 bits per heavy atom. The minimum Gasteiger partial charge on any atom is -0.324 e. The van der Waals surface area contributed by atoms with Gasteiger partial charge in [0.15, 0.2) is 13.1 Å². The first-order valence-electron chi connectivity index (χ1n) is 9.41. The quantitative estimate of drug-likeness (QED) is 0.693. The standard InChI is InChI=1S/C21H23ClN4O3/c1-14-11-19(27)24-17-9-5-6-10-18(17)26(14)21(29)13-25(2)12-20(28)23-16-8-4-3-7-15(16)22/h3-10,14H,11-13H2,1-2H3,(H,23,28)(H,24,27)/p+1/t14-/m1/s1. The van der Waals surface area contributed by atoms with Crippen LogP contribution in [0.15, 0.2) is 48.5 Å². The van der Waals surface area contributed by atoms with Crippen LogP contribution in [-0.2, 0) is 14.4 Å². The Morgan fingerprint density at radius 2 is 1.86 bits per heavy atom. The molecule has 3 rings (SSSR count). The lowest BCUT2D eigenvalue weighted by Crippen LogP contribution is -3.11. The number of nitrogens with one attached hydrogen (secondary N) is 3. The van der Waals surface area contributed by atoms with E-state index in [9.17, 15) is 14.4 Å². The van der Waals surface area contributed by atoms with Gasteiger partial charge in [0.05, 0.1) is 29.1 Å². The van der Waals surface area contributed by atoms with E-state index in [0.29, 0.717) is 22.1 Å². The van der Waals surface area contributed by atoms with E-state index in [0.717, 1.165) is 4.90 Å². The summed E-state index contributed by atoms with van der Waals surface area (Å²) in [5.41, 5.74) is 1.83. The fourth-order valence-corrected chi connectivity index (χ4v) is 3.59. The van der Waals surface area contributed by atoms with E-state index >= 15 is 0 Å². The summed E-state index contributed by atoms with van der Waals surface area (Å²) in [5.74, 6) is -0.505. The van der Waals surface area contributed by atoms with Crippen LogP contribution in [0.2, 0.25) is 5.02 Å². The fourth-order valence-electron chi connectivity index (χ4n) is 3.40. The lowest BCUT2D eigenvalue weighted by molar-refractivity contribution is -0.862. The van der Waals surface area contributed by atoms with Gasteiger partial charge in [-0.25, -0.2) is 0 Å². The highest BCUT2D eigenvalue weighted by atomic mass is 35.5. The fraction of sp³-hybridized carbons (Fsp3) is 0.286. The zero-order chi connectivity index (χ0) is 21.0. The molecule has 2 atom stereocenters. The molecule has 0 aromatic heterocycles. The van der Waals surface area contributed by atoms with Crippen molar-refractivity contribution in [1.29, 1.82) is 0 Å². The number of para-hydroxylation sites is 3. The summed E-state index contributed by atoms with van der Waals surface area (Å²) < 4.78 is 0. The molecular weight excluding hydrogens is 392 g/mol. The number of carbonyl (C=O) groups excluding carboxylic acids is 3. The Balaban J connectivity index is 1.66. The van der Waals surface area contributed by atoms with Crippen molar-refractivity contribution in [2.75, 3.05) is 35.7 Å². The van der Waals surface area contributed by atoms with Gasteiger partial charge in [0.1, 0.15) is 0 Å². The zero-order valence-corrected chi connectivity index (χ0v) is 17.1. The molecule has 1 heterocycles. The van der Waals surface area contributed by atoms with Crippen molar-refractivity contribution in [2.24, 2.45) is 0 Å². The highest BCUT2D eigenvalue weighted by Crippen LogP contribution is 2.31. The molecule has 152 valence electrons. The van der Waals surface area contributed by atoms with Gasteiger partial charge in [0.25, 0.3) is 11.8 Å². The number of hydrogen-bond acceptors (Lipinski definition) is 3. The zero-order valence-electron chi connectivity index (χ0n) is 16.4. The number of carbonyl (C=O) groups is 3. The van der Waals surface area contributed by atoms with E-state index in [1.54, 1.807) is 42.3 Å². The average molecular weight is 416 g/mol. The minimum atomic E-state index is -0.282. The first-order valence-corrected chi connectivity index (χ1v) is 9.79. The summed E-state index contributed by atoms with van der Waals surface area (Å²) in [4.78, 5) is 39.8. The number of rotatable bonds is 5. The SMILES string of the molecule is C[C@@H]1CC(=O)Nc2ccccc2N1C(=O)C[NH+](C)CC(=O)Nc1ccccc1Cl. The van der Waals surface area contributed by atoms with Crippen LogP contribution in [0.1, 0.15) is 13.3 Å². The molecule has 1 aliphatic rings. The van der Waals surface area contributed by atoms with E-state index in [-0.39, 0.29) is 43.3 Å². The maximum absolute atomic E-state index is 13.0. The van der Waals surface area contributed by atoms with E-state index in [1.807, 2.05) is 25.1 Å². The van der Waals surface area contributed by atoms with Gasteiger partial charge in [0.2, 0.25) is 5.91 Å². The molecule has 0 spiro atoms. The molecule has 0 aliphatic carbocycles. The summed E-state index contributed by atoms with van der Waals surface area (Å²) in [6, 6.07) is 13.9. The summed E-state index contributed by atoms with van der Waals surface area (Å²) in [6.45, 7) is 2.07. The van der Waals surface area contributed by atoms with Crippen molar-refractivity contribution in [2.45, 2.75) is 19.4 Å². The Morgan fingerprint density at radius 1 is 1.17 bits per heavy atom. The van der Waals surface area contributed by atoms with Crippen molar-refractivity contribution in [3.05, 3.63) is 53.6 Å². The number of benzene rings is 2. The molecule has 0 bridgehead atoms. The molecule has 7 nitrogen and oxygen atoms in total. The van der Waals surface area contributed by atoms with E-state index in [1.165, 1.54) is 0 Å². The third-order valence-electron chi connectivity index (χ3n) is 4.69. The molecule has 1 unspecified atom stereocenters. The van der Waals surface area contributed by atoms with Gasteiger partial charge >= 0.3 is 0 Å². The van der Waals surface area contributed by atoms with Gasteiger partial charge in [-0.15, -0.1) is 0 Å². The number of likely N-dealkylation sites (N-methyl/N-ethyl adjacent to an activating group) is 1. The van der Waals surface area contributed by atoms with Crippen molar-refractivity contribution >= 4 is 46.4 Å². The second-order valence-corrected chi connectivity index (χ2v) is 7.63. The summed E-state index contributed by atoms with van der Waals surface area (Å²) in [6.07, 6.45) is 0.215. The number of nitrogens with zero attached hydrogens (tertiary/aromatic N) is 1. The van der Waals surface area contributed by atoms with Crippen molar-refractivity contribution in [1.82, 2.24) is 0 Å². The van der Waals surface area contributed by atoms with Gasteiger partial charge in [-0.05, 0) is 31.2 Å². The Bertz CT molecular complexity index is 934. The molecule has 3 amide bonds. The first kappa shape index (κ1) is 20.8. The number of hydrogen-bond donors (Lipinski definition) is 3. The van der Waals surface area contributed by atoms with Crippen LogP contribution in [0.25, 0.3) is 0 Å². The third-order valence-corrected chi connectivity index (χ3v) is 5.02. The number of halogens is 1. The molecule has 2 aromatic rings. The van der Waals surface area contributed by atoms with Crippen molar-refractivity contribution < 1.29 is 19.3 Å². The molecule has 1 aliphatic heterocycles. The van der Waals surface area contributed by atoms with Gasteiger partial charge in [0, 0.05) is 12.5 Å². The van der Waals surface area contributed by atoms with E-state index in [2.05, 4.69) is 10.6 Å². The maximum Gasteiger partial charge on any atom is 0.282 e. The van der Waals surface area contributed by atoms with Crippen LogP contribution in [0, 0.1) is 0 Å².